The van der Waals surface area contributed by atoms with Crippen LogP contribution in [0.4, 0.5) is 0 Å². The number of aromatic carboxylic acids is 1. The molecule has 2 rings (SSSR count). The molecule has 0 spiro atoms. The summed E-state index contributed by atoms with van der Waals surface area (Å²) in [6, 6.07) is 16.3. The second kappa shape index (κ2) is 6.58. The number of carboxylic acid groups (broad SMARTS) is 1. The molecule has 0 amide bonds. The van der Waals surface area contributed by atoms with Gasteiger partial charge < -0.3 is 9.84 Å². The number of benzene rings is 2. The Hall–Kier alpha value is -2.80. The summed E-state index contributed by atoms with van der Waals surface area (Å²) in [5, 5.41) is 18.6. The first-order chi connectivity index (χ1) is 10.2. The molecule has 2 aromatic rings. The Morgan fingerprint density at radius 1 is 1.29 bits per heavy atom. The second-order valence-electron chi connectivity index (χ2n) is 4.62. The molecule has 0 heterocycles. The lowest BCUT2D eigenvalue weighted by Crippen LogP contribution is -2.07. The Morgan fingerprint density at radius 2 is 2.05 bits per heavy atom. The van der Waals surface area contributed by atoms with Gasteiger partial charge in [-0.05, 0) is 35.7 Å². The van der Waals surface area contributed by atoms with Gasteiger partial charge in [-0.1, -0.05) is 30.3 Å². The van der Waals surface area contributed by atoms with Gasteiger partial charge in [-0.15, -0.1) is 0 Å². The summed E-state index contributed by atoms with van der Waals surface area (Å²) in [5.74, 6) is -0.715. The van der Waals surface area contributed by atoms with Gasteiger partial charge in [0.2, 0.25) is 0 Å². The fourth-order valence-corrected chi connectivity index (χ4v) is 2.22. The molecule has 0 aliphatic heterocycles. The molecule has 0 radical (unpaired) electrons. The van der Waals surface area contributed by atoms with Gasteiger partial charge in [0.15, 0.2) is 0 Å². The maximum Gasteiger partial charge on any atom is 0.335 e. The summed E-state index contributed by atoms with van der Waals surface area (Å²) in [5.41, 5.74) is 1.71. The molecule has 21 heavy (non-hydrogen) atoms. The monoisotopic (exact) mass is 281 g/mol. The Balaban J connectivity index is 2.32. The minimum atomic E-state index is -0.979. The van der Waals surface area contributed by atoms with Gasteiger partial charge in [-0.3, -0.25) is 0 Å². The van der Waals surface area contributed by atoms with E-state index in [0.29, 0.717) is 17.7 Å². The quantitative estimate of drug-likeness (QED) is 0.913. The Morgan fingerprint density at radius 3 is 2.71 bits per heavy atom. The largest absolute Gasteiger partial charge is 0.497 e. The fourth-order valence-electron chi connectivity index (χ4n) is 2.22. The van der Waals surface area contributed by atoms with Gasteiger partial charge in [0.05, 0.1) is 24.7 Å². The van der Waals surface area contributed by atoms with Crippen molar-refractivity contribution in [1.29, 1.82) is 5.26 Å². The zero-order valence-corrected chi connectivity index (χ0v) is 11.6. The van der Waals surface area contributed by atoms with Crippen LogP contribution in [0, 0.1) is 11.3 Å². The lowest BCUT2D eigenvalue weighted by atomic mass is 9.91. The molecule has 0 bridgehead atoms. The second-order valence-corrected chi connectivity index (χ2v) is 4.62. The van der Waals surface area contributed by atoms with Crippen LogP contribution in [-0.4, -0.2) is 18.2 Å². The van der Waals surface area contributed by atoms with Crippen molar-refractivity contribution in [3.05, 3.63) is 65.2 Å². The highest BCUT2D eigenvalue weighted by Crippen LogP contribution is 2.25. The lowest BCUT2D eigenvalue weighted by molar-refractivity contribution is 0.0695. The maximum atomic E-state index is 11.2. The zero-order chi connectivity index (χ0) is 15.2. The van der Waals surface area contributed by atoms with Crippen molar-refractivity contribution < 1.29 is 14.6 Å². The summed E-state index contributed by atoms with van der Waals surface area (Å²) >= 11 is 0. The van der Waals surface area contributed by atoms with Crippen molar-refractivity contribution in [2.24, 2.45) is 0 Å². The average Bonchev–Trinajstić information content (AvgIpc) is 2.52. The summed E-state index contributed by atoms with van der Waals surface area (Å²) in [4.78, 5) is 11.2. The lowest BCUT2D eigenvalue weighted by Gasteiger charge is -2.12. The van der Waals surface area contributed by atoms with Crippen LogP contribution in [0.5, 0.6) is 5.75 Å². The number of nitrogens with zero attached hydrogens (tertiary/aromatic N) is 1. The molecule has 4 nitrogen and oxygen atoms in total. The van der Waals surface area contributed by atoms with Crippen LogP contribution in [0.15, 0.2) is 48.5 Å². The van der Waals surface area contributed by atoms with E-state index in [1.54, 1.807) is 37.4 Å². The highest BCUT2D eigenvalue weighted by Gasteiger charge is 2.16. The van der Waals surface area contributed by atoms with Crippen LogP contribution in [0.25, 0.3) is 0 Å². The molecule has 0 unspecified atom stereocenters. The molecule has 0 aliphatic rings. The van der Waals surface area contributed by atoms with Gasteiger partial charge >= 0.3 is 5.97 Å². The Bertz CT molecular complexity index is 688. The molecule has 4 heteroatoms. The number of hydrogen-bond acceptors (Lipinski definition) is 3. The van der Waals surface area contributed by atoms with Gasteiger partial charge in [-0.25, -0.2) is 4.79 Å². The molecule has 1 N–H and O–H groups in total. The van der Waals surface area contributed by atoms with Crippen molar-refractivity contribution in [1.82, 2.24) is 0 Å². The molecular formula is C17H15NO3. The number of carbonyl (C=O) groups is 1. The number of ether oxygens (including phenoxy) is 1. The zero-order valence-electron chi connectivity index (χ0n) is 11.6. The predicted octanol–water partition coefficient (Wildman–Crippen LogP) is 3.24. The van der Waals surface area contributed by atoms with E-state index in [-0.39, 0.29) is 5.56 Å². The maximum absolute atomic E-state index is 11.2. The smallest absolute Gasteiger partial charge is 0.335 e. The molecule has 0 aromatic heterocycles. The van der Waals surface area contributed by atoms with E-state index >= 15 is 0 Å². The van der Waals surface area contributed by atoms with Gasteiger partial charge in [0.25, 0.3) is 0 Å². The highest BCUT2D eigenvalue weighted by molar-refractivity contribution is 5.89. The molecule has 0 aliphatic carbocycles. The van der Waals surface area contributed by atoms with Crippen LogP contribution >= 0.6 is 0 Å². The third kappa shape index (κ3) is 3.40. The SMILES string of the molecule is COc1cccc([C@@H](C#N)Cc2ccccc2C(=O)O)c1. The van der Waals surface area contributed by atoms with E-state index in [4.69, 9.17) is 4.74 Å². The summed E-state index contributed by atoms with van der Waals surface area (Å²) in [7, 11) is 1.57. The summed E-state index contributed by atoms with van der Waals surface area (Å²) < 4.78 is 5.16. The van der Waals surface area contributed by atoms with Crippen LogP contribution < -0.4 is 4.74 Å². The minimum absolute atomic E-state index is 0.237. The van der Waals surface area contributed by atoms with Crippen LogP contribution in [0.1, 0.15) is 27.4 Å². The average molecular weight is 281 g/mol. The first kappa shape index (κ1) is 14.6. The van der Waals surface area contributed by atoms with Crippen molar-refractivity contribution in [2.45, 2.75) is 12.3 Å². The van der Waals surface area contributed by atoms with E-state index in [1.807, 2.05) is 18.2 Å². The van der Waals surface area contributed by atoms with Crippen molar-refractivity contribution in [2.75, 3.05) is 7.11 Å². The summed E-state index contributed by atoms with van der Waals surface area (Å²) in [6.07, 6.45) is 0.353. The standard InChI is InChI=1S/C17H15NO3/c1-21-15-7-4-6-12(10-15)14(11-18)9-13-5-2-3-8-16(13)17(19)20/h2-8,10,14H,9H2,1H3,(H,19,20)/t14-/m1/s1. The number of rotatable bonds is 5. The molecule has 0 fully saturated rings. The van der Waals surface area contributed by atoms with Crippen LogP contribution in [0.3, 0.4) is 0 Å². The Labute approximate surface area is 123 Å². The minimum Gasteiger partial charge on any atom is -0.497 e. The van der Waals surface area contributed by atoms with Crippen molar-refractivity contribution >= 4 is 5.97 Å². The van der Waals surface area contributed by atoms with E-state index in [9.17, 15) is 15.2 Å². The molecule has 1 atom stereocenters. The van der Waals surface area contributed by atoms with Gasteiger partial charge in [0.1, 0.15) is 5.75 Å². The molecule has 106 valence electrons. The van der Waals surface area contributed by atoms with Crippen LogP contribution in [-0.2, 0) is 6.42 Å². The molecule has 0 saturated heterocycles. The first-order valence-electron chi connectivity index (χ1n) is 6.50. The van der Waals surface area contributed by atoms with E-state index in [2.05, 4.69) is 6.07 Å². The normalized spacial score (nSPS) is 11.4. The number of carboxylic acids is 1. The van der Waals surface area contributed by atoms with E-state index < -0.39 is 11.9 Å². The first-order valence-corrected chi connectivity index (χ1v) is 6.50. The van der Waals surface area contributed by atoms with Gasteiger partial charge in [-0.2, -0.15) is 5.26 Å². The van der Waals surface area contributed by atoms with Crippen molar-refractivity contribution in [3.63, 3.8) is 0 Å². The highest BCUT2D eigenvalue weighted by atomic mass is 16.5. The van der Waals surface area contributed by atoms with Crippen LogP contribution in [0.2, 0.25) is 0 Å². The third-order valence-corrected chi connectivity index (χ3v) is 3.32. The third-order valence-electron chi connectivity index (χ3n) is 3.32. The fraction of sp³-hybridized carbons (Fsp3) is 0.176. The molecule has 2 aromatic carbocycles. The van der Waals surface area contributed by atoms with E-state index in [0.717, 1.165) is 5.56 Å². The predicted molar refractivity (Wildman–Crippen MR) is 78.5 cm³/mol. The topological polar surface area (TPSA) is 70.3 Å². The van der Waals surface area contributed by atoms with E-state index in [1.165, 1.54) is 0 Å². The number of nitriles is 1. The molecule has 0 saturated carbocycles. The van der Waals surface area contributed by atoms with Gasteiger partial charge in [0, 0.05) is 0 Å². The van der Waals surface area contributed by atoms with Crippen molar-refractivity contribution in [3.8, 4) is 11.8 Å². The summed E-state index contributed by atoms with van der Waals surface area (Å²) in [6.45, 7) is 0. The Kier molecular flexibility index (Phi) is 4.57. The number of hydrogen-bond donors (Lipinski definition) is 1. The molecular weight excluding hydrogens is 266 g/mol. The number of methoxy groups -OCH3 is 1.